The molecule has 108 valence electrons. The summed E-state index contributed by atoms with van der Waals surface area (Å²) in [5.74, 6) is 0. The van der Waals surface area contributed by atoms with Crippen molar-refractivity contribution in [3.8, 4) is 5.69 Å². The van der Waals surface area contributed by atoms with Crippen LogP contribution in [0.15, 0.2) is 53.9 Å². The molecule has 0 amide bonds. The van der Waals surface area contributed by atoms with E-state index >= 15 is 0 Å². The summed E-state index contributed by atoms with van der Waals surface area (Å²) in [6.45, 7) is 0. The molecule has 21 heavy (non-hydrogen) atoms. The van der Waals surface area contributed by atoms with Gasteiger partial charge in [-0.15, -0.1) is 0 Å². The van der Waals surface area contributed by atoms with Gasteiger partial charge in [0.2, 0.25) is 0 Å². The number of aromatic nitrogens is 4. The highest BCUT2D eigenvalue weighted by molar-refractivity contribution is 7.92. The molecule has 0 aliphatic heterocycles. The molecule has 0 spiro atoms. The van der Waals surface area contributed by atoms with Gasteiger partial charge in [0.1, 0.15) is 0 Å². The third kappa shape index (κ3) is 2.76. The summed E-state index contributed by atoms with van der Waals surface area (Å²) >= 11 is 5.95. The predicted molar refractivity (Wildman–Crippen MR) is 78.0 cm³/mol. The average Bonchev–Trinajstić information content (AvgIpc) is 3.12. The number of hydrogen-bond acceptors (Lipinski definition) is 4. The van der Waals surface area contributed by atoms with E-state index in [0.717, 1.165) is 0 Å². The first-order valence-electron chi connectivity index (χ1n) is 5.88. The van der Waals surface area contributed by atoms with Crippen LogP contribution < -0.4 is 4.72 Å². The average molecular weight is 324 g/mol. The first-order valence-corrected chi connectivity index (χ1v) is 7.74. The van der Waals surface area contributed by atoms with Gasteiger partial charge in [-0.25, -0.2) is 4.68 Å². The van der Waals surface area contributed by atoms with Crippen LogP contribution in [0.4, 0.5) is 5.69 Å². The number of benzene rings is 1. The fourth-order valence-corrected chi connectivity index (χ4v) is 2.94. The molecular formula is C12H10ClN5O2S. The minimum atomic E-state index is -3.77. The van der Waals surface area contributed by atoms with Crippen molar-refractivity contribution in [2.75, 3.05) is 4.72 Å². The van der Waals surface area contributed by atoms with Gasteiger partial charge >= 0.3 is 0 Å². The molecule has 7 nitrogen and oxygen atoms in total. The minimum Gasteiger partial charge on any atom is -0.276 e. The Morgan fingerprint density at radius 3 is 2.76 bits per heavy atom. The van der Waals surface area contributed by atoms with E-state index < -0.39 is 10.0 Å². The molecule has 0 aliphatic carbocycles. The Balaban J connectivity index is 2.05. The zero-order valence-electron chi connectivity index (χ0n) is 10.6. The Morgan fingerprint density at radius 2 is 2.10 bits per heavy atom. The van der Waals surface area contributed by atoms with Crippen molar-refractivity contribution < 1.29 is 8.42 Å². The van der Waals surface area contributed by atoms with Crippen LogP contribution in [0.5, 0.6) is 0 Å². The third-order valence-electron chi connectivity index (χ3n) is 2.72. The van der Waals surface area contributed by atoms with Crippen molar-refractivity contribution in [2.24, 2.45) is 0 Å². The molecule has 0 fully saturated rings. The zero-order valence-corrected chi connectivity index (χ0v) is 12.1. The van der Waals surface area contributed by atoms with Crippen LogP contribution in [0.3, 0.4) is 0 Å². The van der Waals surface area contributed by atoms with Gasteiger partial charge in [-0.1, -0.05) is 11.6 Å². The normalized spacial score (nSPS) is 11.5. The van der Waals surface area contributed by atoms with Crippen molar-refractivity contribution in [1.82, 2.24) is 20.0 Å². The van der Waals surface area contributed by atoms with Gasteiger partial charge < -0.3 is 0 Å². The number of sulfonamides is 1. The van der Waals surface area contributed by atoms with Gasteiger partial charge in [-0.3, -0.25) is 9.82 Å². The van der Waals surface area contributed by atoms with Crippen LogP contribution in [0.1, 0.15) is 0 Å². The van der Waals surface area contributed by atoms with Crippen LogP contribution in [-0.2, 0) is 10.0 Å². The molecule has 9 heteroatoms. The van der Waals surface area contributed by atoms with E-state index in [1.807, 2.05) is 0 Å². The number of halogens is 1. The number of aromatic amines is 1. The SMILES string of the molecule is O=S(=O)(Nc1cc(Cl)ccc1-n1cccn1)c1ccn[nH]1. The first-order chi connectivity index (χ1) is 10.1. The van der Waals surface area contributed by atoms with Gasteiger partial charge in [0, 0.05) is 17.4 Å². The minimum absolute atomic E-state index is 0.0334. The van der Waals surface area contributed by atoms with E-state index in [1.165, 1.54) is 18.3 Å². The molecule has 0 saturated heterocycles. The summed E-state index contributed by atoms with van der Waals surface area (Å²) in [7, 11) is -3.77. The third-order valence-corrected chi connectivity index (χ3v) is 4.25. The second kappa shape index (κ2) is 5.23. The molecule has 2 aromatic heterocycles. The Hall–Kier alpha value is -2.32. The second-order valence-electron chi connectivity index (χ2n) is 4.14. The van der Waals surface area contributed by atoms with Crippen molar-refractivity contribution in [3.63, 3.8) is 0 Å². The van der Waals surface area contributed by atoms with Gasteiger partial charge in [-0.2, -0.15) is 18.6 Å². The van der Waals surface area contributed by atoms with E-state index in [-0.39, 0.29) is 5.03 Å². The quantitative estimate of drug-likeness (QED) is 0.768. The molecule has 3 aromatic rings. The van der Waals surface area contributed by atoms with Gasteiger partial charge in [-0.05, 0) is 30.3 Å². The largest absolute Gasteiger partial charge is 0.278 e. The number of anilines is 1. The molecule has 2 heterocycles. The van der Waals surface area contributed by atoms with Crippen molar-refractivity contribution in [2.45, 2.75) is 5.03 Å². The van der Waals surface area contributed by atoms with E-state index in [1.54, 1.807) is 35.3 Å². The zero-order chi connectivity index (χ0) is 14.9. The van der Waals surface area contributed by atoms with E-state index in [2.05, 4.69) is 20.0 Å². The Morgan fingerprint density at radius 1 is 1.24 bits per heavy atom. The number of H-pyrrole nitrogens is 1. The summed E-state index contributed by atoms with van der Waals surface area (Å²) < 4.78 is 28.5. The Bertz CT molecular complexity index is 844. The molecule has 0 unspecified atom stereocenters. The lowest BCUT2D eigenvalue weighted by Gasteiger charge is -2.12. The van der Waals surface area contributed by atoms with Crippen LogP contribution >= 0.6 is 11.6 Å². The summed E-state index contributed by atoms with van der Waals surface area (Å²) in [6, 6.07) is 7.96. The summed E-state index contributed by atoms with van der Waals surface area (Å²) in [5, 5.41) is 10.5. The van der Waals surface area contributed by atoms with Crippen molar-refractivity contribution in [3.05, 3.63) is 53.9 Å². The molecule has 0 radical (unpaired) electrons. The highest BCUT2D eigenvalue weighted by Crippen LogP contribution is 2.26. The maximum Gasteiger partial charge on any atom is 0.278 e. The smallest absolute Gasteiger partial charge is 0.276 e. The maximum atomic E-state index is 12.2. The molecule has 0 atom stereocenters. The van der Waals surface area contributed by atoms with E-state index in [0.29, 0.717) is 16.4 Å². The first kappa shape index (κ1) is 13.7. The lowest BCUT2D eigenvalue weighted by molar-refractivity contribution is 0.597. The van der Waals surface area contributed by atoms with Gasteiger partial charge in [0.05, 0.1) is 17.6 Å². The van der Waals surface area contributed by atoms with Crippen LogP contribution in [0.25, 0.3) is 5.69 Å². The Kier molecular flexibility index (Phi) is 3.40. The molecular weight excluding hydrogens is 314 g/mol. The van der Waals surface area contributed by atoms with E-state index in [9.17, 15) is 8.42 Å². The van der Waals surface area contributed by atoms with Crippen molar-refractivity contribution >= 4 is 27.3 Å². The Labute approximate surface area is 125 Å². The van der Waals surface area contributed by atoms with Crippen LogP contribution in [0, 0.1) is 0 Å². The molecule has 1 aromatic carbocycles. The molecule has 0 aliphatic rings. The summed E-state index contributed by atoms with van der Waals surface area (Å²) in [6.07, 6.45) is 4.67. The lowest BCUT2D eigenvalue weighted by atomic mass is 10.3. The fourth-order valence-electron chi connectivity index (χ4n) is 1.79. The fraction of sp³-hybridized carbons (Fsp3) is 0. The van der Waals surface area contributed by atoms with Crippen molar-refractivity contribution in [1.29, 1.82) is 0 Å². The lowest BCUT2D eigenvalue weighted by Crippen LogP contribution is -2.15. The monoisotopic (exact) mass is 323 g/mol. The van der Waals surface area contributed by atoms with Gasteiger partial charge in [0.25, 0.3) is 10.0 Å². The van der Waals surface area contributed by atoms with Gasteiger partial charge in [0.15, 0.2) is 5.03 Å². The van der Waals surface area contributed by atoms with E-state index in [4.69, 9.17) is 11.6 Å². The highest BCUT2D eigenvalue weighted by Gasteiger charge is 2.18. The number of hydrogen-bond donors (Lipinski definition) is 2. The van der Waals surface area contributed by atoms with Crippen LogP contribution in [-0.4, -0.2) is 28.4 Å². The standard InChI is InChI=1S/C12H10ClN5O2S/c13-9-2-3-11(18-7-1-5-15-18)10(8-9)17-21(19,20)12-4-6-14-16-12/h1-8,17H,(H,14,16). The predicted octanol–water partition coefficient (Wildman–Crippen LogP) is 2.05. The molecule has 3 rings (SSSR count). The molecule has 2 N–H and O–H groups in total. The topological polar surface area (TPSA) is 92.7 Å². The summed E-state index contributed by atoms with van der Waals surface area (Å²) in [4.78, 5) is 0. The molecule has 0 bridgehead atoms. The number of rotatable bonds is 4. The van der Waals surface area contributed by atoms with Crippen LogP contribution in [0.2, 0.25) is 5.02 Å². The number of nitrogens with zero attached hydrogens (tertiary/aromatic N) is 3. The highest BCUT2D eigenvalue weighted by atomic mass is 35.5. The second-order valence-corrected chi connectivity index (χ2v) is 6.23. The maximum absolute atomic E-state index is 12.2. The molecule has 0 saturated carbocycles. The summed E-state index contributed by atoms with van der Waals surface area (Å²) in [5.41, 5.74) is 0.883. The number of nitrogens with one attached hydrogen (secondary N) is 2.